The molecular formula is C15H12F3N3O4. The van der Waals surface area contributed by atoms with Gasteiger partial charge in [-0.2, -0.15) is 13.2 Å². The molecule has 0 bridgehead atoms. The Kier molecular flexibility index (Phi) is 3.79. The van der Waals surface area contributed by atoms with Crippen molar-refractivity contribution in [3.63, 3.8) is 0 Å². The molecule has 1 aliphatic heterocycles. The molecule has 0 fully saturated rings. The quantitative estimate of drug-likeness (QED) is 0.745. The molecule has 0 saturated carbocycles. The van der Waals surface area contributed by atoms with Crippen molar-refractivity contribution in [2.75, 3.05) is 5.32 Å². The number of alkyl halides is 3. The van der Waals surface area contributed by atoms with Crippen LogP contribution in [0.3, 0.4) is 0 Å². The van der Waals surface area contributed by atoms with Crippen LogP contribution in [0.25, 0.3) is 0 Å². The first-order valence-corrected chi connectivity index (χ1v) is 7.18. The van der Waals surface area contributed by atoms with Crippen molar-refractivity contribution in [3.05, 3.63) is 62.3 Å². The SMILES string of the molecule is O=C1Nc2c(c(=O)[nH]c(=O)n2CCc2ccccc2)[C@]1(O)C(F)(F)F. The standard InChI is InChI=1S/C15H12F3N3O4/c16-15(17,18)14(25)9-10(19-12(14)23)21(13(24)20-11(9)22)7-6-8-4-2-1-3-5-8/h1-5,25H,6-7H2,(H,19,23)(H,20,22,24)/t14-/m1/s1. The molecule has 0 aliphatic carbocycles. The highest BCUT2D eigenvalue weighted by atomic mass is 19.4. The molecule has 0 saturated heterocycles. The average molecular weight is 355 g/mol. The van der Waals surface area contributed by atoms with Crippen LogP contribution in [0.15, 0.2) is 39.9 Å². The van der Waals surface area contributed by atoms with E-state index in [4.69, 9.17) is 0 Å². The highest BCUT2D eigenvalue weighted by Gasteiger charge is 2.66. The zero-order valence-electron chi connectivity index (χ0n) is 12.6. The van der Waals surface area contributed by atoms with E-state index in [1.54, 1.807) is 35.3 Å². The Hall–Kier alpha value is -2.88. The van der Waals surface area contributed by atoms with Gasteiger partial charge >= 0.3 is 11.9 Å². The van der Waals surface area contributed by atoms with Crippen LogP contribution in [0.1, 0.15) is 11.1 Å². The van der Waals surface area contributed by atoms with Crippen LogP contribution in [0.4, 0.5) is 19.0 Å². The second-order valence-electron chi connectivity index (χ2n) is 5.53. The number of fused-ring (bicyclic) bond motifs is 1. The first-order valence-electron chi connectivity index (χ1n) is 7.18. The Morgan fingerprint density at radius 2 is 1.76 bits per heavy atom. The number of nitrogens with zero attached hydrogens (tertiary/aromatic N) is 1. The number of nitrogens with one attached hydrogen (secondary N) is 2. The van der Waals surface area contributed by atoms with E-state index in [0.717, 1.165) is 10.1 Å². The lowest BCUT2D eigenvalue weighted by Crippen LogP contribution is -2.50. The van der Waals surface area contributed by atoms with Crippen molar-refractivity contribution in [3.8, 4) is 0 Å². The molecule has 25 heavy (non-hydrogen) atoms. The van der Waals surface area contributed by atoms with E-state index in [1.807, 2.05) is 5.32 Å². The van der Waals surface area contributed by atoms with Crippen molar-refractivity contribution < 1.29 is 23.1 Å². The van der Waals surface area contributed by atoms with Gasteiger partial charge in [-0.25, -0.2) is 4.79 Å². The highest BCUT2D eigenvalue weighted by molar-refractivity contribution is 6.04. The third-order valence-corrected chi connectivity index (χ3v) is 4.00. The molecule has 10 heteroatoms. The molecule has 0 unspecified atom stereocenters. The van der Waals surface area contributed by atoms with Crippen molar-refractivity contribution in [2.24, 2.45) is 0 Å². The zero-order valence-corrected chi connectivity index (χ0v) is 12.6. The van der Waals surface area contributed by atoms with E-state index in [2.05, 4.69) is 0 Å². The summed E-state index contributed by atoms with van der Waals surface area (Å²) in [5.41, 5.74) is -6.87. The lowest BCUT2D eigenvalue weighted by Gasteiger charge is -2.22. The number of rotatable bonds is 3. The minimum absolute atomic E-state index is 0.101. The van der Waals surface area contributed by atoms with Crippen molar-refractivity contribution in [2.45, 2.75) is 24.7 Å². The molecule has 7 nitrogen and oxygen atoms in total. The number of halogens is 3. The van der Waals surface area contributed by atoms with E-state index in [0.29, 0.717) is 0 Å². The summed E-state index contributed by atoms with van der Waals surface area (Å²) >= 11 is 0. The van der Waals surface area contributed by atoms with E-state index < -0.39 is 40.3 Å². The normalized spacial score (nSPS) is 19.6. The van der Waals surface area contributed by atoms with Gasteiger partial charge < -0.3 is 10.4 Å². The molecule has 132 valence electrons. The average Bonchev–Trinajstić information content (AvgIpc) is 2.81. The van der Waals surface area contributed by atoms with E-state index in [9.17, 15) is 32.7 Å². The molecule has 2 aromatic rings. The smallest absolute Gasteiger partial charge is 0.368 e. The highest BCUT2D eigenvalue weighted by Crippen LogP contribution is 2.44. The van der Waals surface area contributed by atoms with Crippen LogP contribution in [0.2, 0.25) is 0 Å². The fraction of sp³-hybridized carbons (Fsp3) is 0.267. The Morgan fingerprint density at radius 3 is 2.36 bits per heavy atom. The Bertz CT molecular complexity index is 949. The summed E-state index contributed by atoms with van der Waals surface area (Å²) in [6.07, 6.45) is -5.16. The first kappa shape index (κ1) is 17.0. The van der Waals surface area contributed by atoms with Gasteiger partial charge in [-0.05, 0) is 12.0 Å². The predicted octanol–water partition coefficient (Wildman–Crippen LogP) is 0.481. The number of carbonyl (C=O) groups is 1. The lowest BCUT2D eigenvalue weighted by molar-refractivity contribution is -0.252. The Morgan fingerprint density at radius 1 is 1.12 bits per heavy atom. The zero-order chi connectivity index (χ0) is 18.4. The predicted molar refractivity (Wildman–Crippen MR) is 80.1 cm³/mol. The molecule has 1 aromatic heterocycles. The summed E-state index contributed by atoms with van der Waals surface area (Å²) in [5, 5.41) is 11.7. The minimum Gasteiger partial charge on any atom is -0.368 e. The van der Waals surface area contributed by atoms with Crippen LogP contribution in [0.5, 0.6) is 0 Å². The molecule has 1 aromatic carbocycles. The molecule has 0 radical (unpaired) electrons. The van der Waals surface area contributed by atoms with Crippen molar-refractivity contribution >= 4 is 11.7 Å². The van der Waals surface area contributed by atoms with Crippen LogP contribution in [-0.4, -0.2) is 26.7 Å². The molecule has 3 rings (SSSR count). The molecular weight excluding hydrogens is 343 g/mol. The topological polar surface area (TPSA) is 104 Å². The van der Waals surface area contributed by atoms with Crippen molar-refractivity contribution in [1.82, 2.24) is 9.55 Å². The van der Waals surface area contributed by atoms with Gasteiger partial charge in [-0.1, -0.05) is 30.3 Å². The van der Waals surface area contributed by atoms with Crippen LogP contribution >= 0.6 is 0 Å². The molecule has 3 N–H and O–H groups in total. The summed E-state index contributed by atoms with van der Waals surface area (Å²) in [4.78, 5) is 37.3. The summed E-state index contributed by atoms with van der Waals surface area (Å²) < 4.78 is 40.4. The van der Waals surface area contributed by atoms with Gasteiger partial charge in [0.1, 0.15) is 11.4 Å². The summed E-state index contributed by atoms with van der Waals surface area (Å²) in [5.74, 6) is -2.46. The summed E-state index contributed by atoms with van der Waals surface area (Å²) in [6.45, 7) is -0.101. The number of aryl methyl sites for hydroxylation is 1. The minimum atomic E-state index is -5.42. The van der Waals surface area contributed by atoms with E-state index >= 15 is 0 Å². The molecule has 1 amide bonds. The molecule has 0 spiro atoms. The van der Waals surface area contributed by atoms with E-state index in [-0.39, 0.29) is 13.0 Å². The fourth-order valence-corrected chi connectivity index (χ4v) is 2.72. The number of amides is 1. The second-order valence-corrected chi connectivity index (χ2v) is 5.53. The maximum atomic E-state index is 13.2. The maximum absolute atomic E-state index is 13.2. The Balaban J connectivity index is 2.11. The molecule has 1 atom stereocenters. The third kappa shape index (κ3) is 2.54. The van der Waals surface area contributed by atoms with Gasteiger partial charge in [-0.3, -0.25) is 19.1 Å². The number of H-pyrrole nitrogens is 1. The van der Waals surface area contributed by atoms with Crippen LogP contribution < -0.4 is 16.6 Å². The summed E-state index contributed by atoms with van der Waals surface area (Å²) in [7, 11) is 0. The van der Waals surface area contributed by atoms with Crippen LogP contribution in [0, 0.1) is 0 Å². The van der Waals surface area contributed by atoms with Gasteiger partial charge in [-0.15, -0.1) is 0 Å². The number of hydrogen-bond acceptors (Lipinski definition) is 4. The number of aromatic amines is 1. The van der Waals surface area contributed by atoms with Gasteiger partial charge in [0, 0.05) is 6.54 Å². The van der Waals surface area contributed by atoms with Gasteiger partial charge in [0.25, 0.3) is 17.1 Å². The number of anilines is 1. The number of aliphatic hydroxyl groups is 1. The number of benzene rings is 1. The fourth-order valence-electron chi connectivity index (χ4n) is 2.72. The number of carbonyl (C=O) groups excluding carboxylic acids is 1. The first-order chi connectivity index (χ1) is 11.7. The van der Waals surface area contributed by atoms with Gasteiger partial charge in [0.2, 0.25) is 0 Å². The van der Waals surface area contributed by atoms with E-state index in [1.165, 1.54) is 0 Å². The number of hydrogen-bond donors (Lipinski definition) is 3. The molecule has 1 aliphatic rings. The lowest BCUT2D eigenvalue weighted by atomic mass is 9.97. The molecule has 2 heterocycles. The summed E-state index contributed by atoms with van der Waals surface area (Å²) in [6, 6.07) is 8.78. The number of aromatic nitrogens is 2. The monoisotopic (exact) mass is 355 g/mol. The maximum Gasteiger partial charge on any atom is 0.431 e. The largest absolute Gasteiger partial charge is 0.431 e. The Labute approximate surface area is 137 Å². The third-order valence-electron chi connectivity index (χ3n) is 4.00. The van der Waals surface area contributed by atoms with Crippen molar-refractivity contribution in [1.29, 1.82) is 0 Å². The van der Waals surface area contributed by atoms with Crippen LogP contribution in [-0.2, 0) is 23.4 Å². The van der Waals surface area contributed by atoms with Gasteiger partial charge in [0.15, 0.2) is 0 Å². The second kappa shape index (κ2) is 5.59. The van der Waals surface area contributed by atoms with Gasteiger partial charge in [0.05, 0.1) is 0 Å².